The van der Waals surface area contributed by atoms with Crippen molar-refractivity contribution in [2.24, 2.45) is 0 Å². The number of hydrogen-bond acceptors (Lipinski definition) is 4. The monoisotopic (exact) mass is 398 g/mol. The second-order valence-electron chi connectivity index (χ2n) is 6.09. The molecule has 0 radical (unpaired) electrons. The average molecular weight is 399 g/mol. The van der Waals surface area contributed by atoms with Gasteiger partial charge in [0.25, 0.3) is 0 Å². The number of hydrogen-bond donors (Lipinski definition) is 1. The summed E-state index contributed by atoms with van der Waals surface area (Å²) in [7, 11) is -3.25. The first-order valence-corrected chi connectivity index (χ1v) is 10.4. The number of sulfone groups is 1. The Hall–Kier alpha value is -2.83. The second-order valence-corrected chi connectivity index (χ2v) is 8.54. The molecule has 0 saturated heterocycles. The highest BCUT2D eigenvalue weighted by Gasteiger charge is 2.17. The van der Waals surface area contributed by atoms with Gasteiger partial charge in [-0.15, -0.1) is 0 Å². The van der Waals surface area contributed by atoms with Gasteiger partial charge < -0.3 is 9.40 Å². The molecule has 4 aromatic rings. The van der Waals surface area contributed by atoms with Crippen molar-refractivity contribution < 1.29 is 12.8 Å². The Kier molecular flexibility index (Phi) is 4.37. The van der Waals surface area contributed by atoms with Gasteiger partial charge in [-0.05, 0) is 36.4 Å². The summed E-state index contributed by atoms with van der Waals surface area (Å²) in [6.45, 7) is 0. The predicted molar refractivity (Wildman–Crippen MR) is 105 cm³/mol. The number of halogens is 1. The lowest BCUT2D eigenvalue weighted by atomic mass is 10.1. The van der Waals surface area contributed by atoms with E-state index in [0.717, 1.165) is 22.5 Å². The molecule has 136 valence electrons. The average Bonchev–Trinajstić information content (AvgIpc) is 3.31. The zero-order valence-corrected chi connectivity index (χ0v) is 15.9. The van der Waals surface area contributed by atoms with Crippen LogP contribution in [0.25, 0.3) is 34.1 Å². The Labute approximate surface area is 161 Å². The lowest BCUT2D eigenvalue weighted by Crippen LogP contribution is -1.96. The van der Waals surface area contributed by atoms with Gasteiger partial charge in [0.05, 0.1) is 22.5 Å². The number of rotatable bonds is 4. The Bertz CT molecular complexity index is 1180. The van der Waals surface area contributed by atoms with Gasteiger partial charge in [0.15, 0.2) is 21.4 Å². The van der Waals surface area contributed by atoms with Crippen LogP contribution in [0, 0.1) is 0 Å². The van der Waals surface area contributed by atoms with Crippen LogP contribution < -0.4 is 0 Å². The number of H-pyrrole nitrogens is 1. The molecule has 2 aromatic heterocycles. The standard InChI is InChI=1S/C20H15ClN2O3S/c1-27(24,25)16-10-6-14(7-11-16)19-18(13-4-8-15(21)9-5-13)22-20(23-19)17-3-2-12-26-17/h2-12H,1H3,(H,22,23). The largest absolute Gasteiger partial charge is 0.461 e. The fourth-order valence-electron chi connectivity index (χ4n) is 2.80. The molecule has 0 saturated carbocycles. The SMILES string of the molecule is CS(=O)(=O)c1ccc(-c2[nH]c(-c3ccco3)nc2-c2ccc(Cl)cc2)cc1. The van der Waals surface area contributed by atoms with E-state index in [-0.39, 0.29) is 4.90 Å². The van der Waals surface area contributed by atoms with E-state index in [2.05, 4.69) is 9.97 Å². The van der Waals surface area contributed by atoms with E-state index < -0.39 is 9.84 Å². The van der Waals surface area contributed by atoms with Gasteiger partial charge >= 0.3 is 0 Å². The lowest BCUT2D eigenvalue weighted by Gasteiger charge is -2.05. The summed E-state index contributed by atoms with van der Waals surface area (Å²) < 4.78 is 28.9. The smallest absolute Gasteiger partial charge is 0.175 e. The molecule has 2 aromatic carbocycles. The van der Waals surface area contributed by atoms with E-state index in [4.69, 9.17) is 16.0 Å². The Morgan fingerprint density at radius 3 is 2.22 bits per heavy atom. The summed E-state index contributed by atoms with van der Waals surface area (Å²) in [6, 6.07) is 17.7. The van der Waals surface area contributed by atoms with Crippen molar-refractivity contribution in [3.05, 3.63) is 71.9 Å². The third-order valence-electron chi connectivity index (χ3n) is 4.15. The van der Waals surface area contributed by atoms with Crippen molar-refractivity contribution in [1.82, 2.24) is 9.97 Å². The van der Waals surface area contributed by atoms with Crippen LogP contribution in [-0.2, 0) is 9.84 Å². The number of furan rings is 1. The highest BCUT2D eigenvalue weighted by molar-refractivity contribution is 7.90. The first kappa shape index (κ1) is 17.6. The molecule has 0 spiro atoms. The number of nitrogens with one attached hydrogen (secondary N) is 1. The molecule has 0 fully saturated rings. The molecule has 0 bridgehead atoms. The van der Waals surface area contributed by atoms with Crippen LogP contribution >= 0.6 is 11.6 Å². The van der Waals surface area contributed by atoms with Gasteiger partial charge in [-0.1, -0.05) is 35.9 Å². The zero-order valence-electron chi connectivity index (χ0n) is 14.3. The van der Waals surface area contributed by atoms with Crippen LogP contribution in [0.15, 0.2) is 76.2 Å². The highest BCUT2D eigenvalue weighted by atomic mass is 35.5. The van der Waals surface area contributed by atoms with Crippen molar-refractivity contribution in [1.29, 1.82) is 0 Å². The minimum absolute atomic E-state index is 0.269. The Balaban J connectivity index is 1.86. The van der Waals surface area contributed by atoms with Gasteiger partial charge in [-0.2, -0.15) is 0 Å². The number of aromatic nitrogens is 2. The molecule has 1 N–H and O–H groups in total. The van der Waals surface area contributed by atoms with Crippen LogP contribution in [0.3, 0.4) is 0 Å². The fourth-order valence-corrected chi connectivity index (χ4v) is 3.55. The summed E-state index contributed by atoms with van der Waals surface area (Å²) in [5.41, 5.74) is 3.20. The molecule has 2 heterocycles. The Morgan fingerprint density at radius 2 is 1.63 bits per heavy atom. The van der Waals surface area contributed by atoms with Gasteiger partial charge in [0, 0.05) is 22.4 Å². The van der Waals surface area contributed by atoms with Crippen molar-refractivity contribution in [2.75, 3.05) is 6.26 Å². The lowest BCUT2D eigenvalue weighted by molar-refractivity contribution is 0.578. The molecule has 0 aliphatic rings. The summed E-state index contributed by atoms with van der Waals surface area (Å²) in [6.07, 6.45) is 2.77. The quantitative estimate of drug-likeness (QED) is 0.521. The minimum atomic E-state index is -3.25. The van der Waals surface area contributed by atoms with Gasteiger partial charge in [-0.25, -0.2) is 13.4 Å². The maximum absolute atomic E-state index is 11.7. The van der Waals surface area contributed by atoms with Gasteiger partial charge in [-0.3, -0.25) is 0 Å². The topological polar surface area (TPSA) is 76.0 Å². The van der Waals surface area contributed by atoms with E-state index in [1.165, 1.54) is 6.26 Å². The van der Waals surface area contributed by atoms with Gasteiger partial charge in [0.2, 0.25) is 0 Å². The molecule has 5 nitrogen and oxygen atoms in total. The maximum Gasteiger partial charge on any atom is 0.175 e. The zero-order chi connectivity index (χ0) is 19.0. The van der Waals surface area contributed by atoms with Gasteiger partial charge in [0.1, 0.15) is 0 Å². The van der Waals surface area contributed by atoms with Crippen molar-refractivity contribution in [2.45, 2.75) is 4.90 Å². The molecule has 4 rings (SSSR count). The molecular formula is C20H15ClN2O3S. The van der Waals surface area contributed by atoms with Crippen molar-refractivity contribution >= 4 is 21.4 Å². The van der Waals surface area contributed by atoms with E-state index in [1.807, 2.05) is 18.2 Å². The molecule has 0 atom stereocenters. The maximum atomic E-state index is 11.7. The third-order valence-corrected chi connectivity index (χ3v) is 5.53. The van der Waals surface area contributed by atoms with Crippen LogP contribution in [0.2, 0.25) is 5.02 Å². The van der Waals surface area contributed by atoms with E-state index >= 15 is 0 Å². The molecule has 0 aliphatic heterocycles. The van der Waals surface area contributed by atoms with E-state index in [0.29, 0.717) is 16.6 Å². The predicted octanol–water partition coefficient (Wildman–Crippen LogP) is 5.06. The number of imidazole rings is 1. The summed E-state index contributed by atoms with van der Waals surface area (Å²) >= 11 is 6.00. The number of nitrogens with zero attached hydrogens (tertiary/aromatic N) is 1. The minimum Gasteiger partial charge on any atom is -0.461 e. The normalized spacial score (nSPS) is 11.6. The second kappa shape index (κ2) is 6.72. The van der Waals surface area contributed by atoms with Crippen LogP contribution in [0.1, 0.15) is 0 Å². The van der Waals surface area contributed by atoms with Crippen molar-refractivity contribution in [3.63, 3.8) is 0 Å². The summed E-state index contributed by atoms with van der Waals surface area (Å²) in [5, 5.41) is 0.639. The van der Waals surface area contributed by atoms with Crippen LogP contribution in [0.4, 0.5) is 0 Å². The highest BCUT2D eigenvalue weighted by Crippen LogP contribution is 2.34. The third kappa shape index (κ3) is 3.54. The fraction of sp³-hybridized carbons (Fsp3) is 0.0500. The van der Waals surface area contributed by atoms with Crippen molar-refractivity contribution in [3.8, 4) is 34.1 Å². The molecular weight excluding hydrogens is 384 g/mol. The number of benzene rings is 2. The first-order chi connectivity index (χ1) is 12.9. The van der Waals surface area contributed by atoms with E-state index in [9.17, 15) is 8.42 Å². The molecule has 7 heteroatoms. The molecule has 0 amide bonds. The molecule has 0 aliphatic carbocycles. The Morgan fingerprint density at radius 1 is 0.963 bits per heavy atom. The molecule has 27 heavy (non-hydrogen) atoms. The van der Waals surface area contributed by atoms with Crippen LogP contribution in [0.5, 0.6) is 0 Å². The first-order valence-electron chi connectivity index (χ1n) is 8.12. The summed E-state index contributed by atoms with van der Waals surface area (Å²) in [5.74, 6) is 1.20. The number of aromatic amines is 1. The molecule has 0 unspecified atom stereocenters. The van der Waals surface area contributed by atoms with E-state index in [1.54, 1.807) is 48.7 Å². The summed E-state index contributed by atoms with van der Waals surface area (Å²) in [4.78, 5) is 8.24. The van der Waals surface area contributed by atoms with Crippen LogP contribution in [-0.4, -0.2) is 24.6 Å².